The van der Waals surface area contributed by atoms with Gasteiger partial charge < -0.3 is 9.64 Å². The van der Waals surface area contributed by atoms with E-state index in [0.29, 0.717) is 11.8 Å². The molecule has 0 saturated carbocycles. The highest BCUT2D eigenvalue weighted by Gasteiger charge is 2.40. The quantitative estimate of drug-likeness (QED) is 0.488. The van der Waals surface area contributed by atoms with Crippen LogP contribution in [-0.4, -0.2) is 29.2 Å². The Hall–Kier alpha value is -3.59. The zero-order valence-corrected chi connectivity index (χ0v) is 19.7. The number of nitrogens with one attached hydrogen (secondary N) is 2. The normalized spacial score (nSPS) is 17.4. The average Bonchev–Trinajstić information content (AvgIpc) is 3.23. The lowest BCUT2D eigenvalue weighted by atomic mass is 9.78. The van der Waals surface area contributed by atoms with E-state index in [2.05, 4.69) is 97.4 Å². The van der Waals surface area contributed by atoms with Crippen molar-refractivity contribution in [2.75, 3.05) is 18.0 Å². The number of nitriles is 1. The number of hydrogen-bond donors (Lipinski definition) is 2. The molecule has 33 heavy (non-hydrogen) atoms. The maximum atomic E-state index is 9.95. The third kappa shape index (κ3) is 4.36. The van der Waals surface area contributed by atoms with Crippen LogP contribution < -0.4 is 9.64 Å². The minimum Gasteiger partial charge on any atom is -0.422 e. The Kier molecular flexibility index (Phi) is 6.50. The summed E-state index contributed by atoms with van der Waals surface area (Å²) in [6, 6.07) is 19.1. The van der Waals surface area contributed by atoms with Gasteiger partial charge >= 0.3 is 0 Å². The van der Waals surface area contributed by atoms with Crippen molar-refractivity contribution in [1.29, 1.82) is 10.7 Å². The van der Waals surface area contributed by atoms with Crippen LogP contribution in [0.5, 0.6) is 5.88 Å². The van der Waals surface area contributed by atoms with Crippen LogP contribution in [0.25, 0.3) is 11.3 Å². The minimum absolute atomic E-state index is 0.0619. The number of nitrogens with zero attached hydrogens (tertiary/aromatic N) is 3. The second kappa shape index (κ2) is 9.50. The van der Waals surface area contributed by atoms with E-state index in [-0.39, 0.29) is 11.8 Å². The van der Waals surface area contributed by atoms with Gasteiger partial charge in [0.25, 0.3) is 0 Å². The first-order chi connectivity index (χ1) is 16.0. The zero-order chi connectivity index (χ0) is 23.5. The lowest BCUT2D eigenvalue weighted by Crippen LogP contribution is -2.31. The first-order valence-corrected chi connectivity index (χ1v) is 11.6. The van der Waals surface area contributed by atoms with Gasteiger partial charge in [0.2, 0.25) is 11.8 Å². The number of benzene rings is 2. The first-order valence-electron chi connectivity index (χ1n) is 11.6. The maximum Gasteiger partial charge on any atom is 0.244 e. The second-order valence-corrected chi connectivity index (χ2v) is 8.93. The van der Waals surface area contributed by atoms with Gasteiger partial charge in [0.15, 0.2) is 0 Å². The van der Waals surface area contributed by atoms with Crippen LogP contribution in [0.1, 0.15) is 50.3 Å². The molecule has 0 saturated heterocycles. The van der Waals surface area contributed by atoms with E-state index >= 15 is 0 Å². The first kappa shape index (κ1) is 22.6. The van der Waals surface area contributed by atoms with Gasteiger partial charge in [-0.2, -0.15) is 5.26 Å². The molecule has 4 rings (SSSR count). The number of hydrogen-bond acceptors (Lipinski definition) is 5. The summed E-state index contributed by atoms with van der Waals surface area (Å²) in [7, 11) is 0. The zero-order valence-electron chi connectivity index (χ0n) is 19.7. The van der Waals surface area contributed by atoms with E-state index in [1.807, 2.05) is 0 Å². The van der Waals surface area contributed by atoms with Crippen LogP contribution in [0.4, 0.5) is 5.69 Å². The fraction of sp³-hybridized carbons (Fsp3) is 0.370. The monoisotopic (exact) mass is 441 g/mol. The van der Waals surface area contributed by atoms with Gasteiger partial charge in [-0.15, -0.1) is 5.10 Å². The van der Waals surface area contributed by atoms with E-state index in [1.165, 1.54) is 5.56 Å². The SMILES string of the molecule is CCN(CC)c1ccc(C2c3c(n[nH]c3-c3ccc(CC(C)C)cc3)OC(=N)C2C#N)cc1. The Labute approximate surface area is 195 Å². The second-order valence-electron chi connectivity index (χ2n) is 8.93. The van der Waals surface area contributed by atoms with E-state index in [1.54, 1.807) is 0 Å². The molecule has 0 fully saturated rings. The molecule has 0 radical (unpaired) electrons. The molecule has 3 aromatic rings. The fourth-order valence-corrected chi connectivity index (χ4v) is 4.66. The van der Waals surface area contributed by atoms with Crippen molar-refractivity contribution in [1.82, 2.24) is 10.2 Å². The van der Waals surface area contributed by atoms with E-state index < -0.39 is 5.92 Å². The lowest BCUT2D eigenvalue weighted by molar-refractivity contribution is 0.437. The summed E-state index contributed by atoms with van der Waals surface area (Å²) >= 11 is 0. The summed E-state index contributed by atoms with van der Waals surface area (Å²) < 4.78 is 5.67. The molecular formula is C27H31N5O. The molecule has 2 N–H and O–H groups in total. The molecule has 6 heteroatoms. The van der Waals surface area contributed by atoms with Crippen molar-refractivity contribution < 1.29 is 4.74 Å². The molecule has 0 bridgehead atoms. The van der Waals surface area contributed by atoms with E-state index in [0.717, 1.165) is 47.6 Å². The molecule has 0 amide bonds. The third-order valence-electron chi connectivity index (χ3n) is 6.31. The summed E-state index contributed by atoms with van der Waals surface area (Å²) in [5.74, 6) is -0.136. The molecule has 0 spiro atoms. The van der Waals surface area contributed by atoms with Crippen LogP contribution in [0.2, 0.25) is 0 Å². The lowest BCUT2D eigenvalue weighted by Gasteiger charge is -2.29. The number of rotatable bonds is 7. The highest BCUT2D eigenvalue weighted by Crippen LogP contribution is 2.46. The van der Waals surface area contributed by atoms with Crippen molar-refractivity contribution in [2.45, 2.75) is 40.0 Å². The number of ether oxygens (including phenoxy) is 1. The molecule has 2 heterocycles. The molecule has 170 valence electrons. The third-order valence-corrected chi connectivity index (χ3v) is 6.31. The van der Waals surface area contributed by atoms with Crippen molar-refractivity contribution in [3.8, 4) is 23.2 Å². The van der Waals surface area contributed by atoms with Crippen LogP contribution in [-0.2, 0) is 6.42 Å². The molecule has 2 aromatic carbocycles. The molecule has 2 atom stereocenters. The Bertz CT molecular complexity index is 1150. The number of H-pyrrole nitrogens is 1. The predicted octanol–water partition coefficient (Wildman–Crippen LogP) is 5.76. The van der Waals surface area contributed by atoms with Crippen molar-refractivity contribution in [3.05, 3.63) is 65.2 Å². The van der Waals surface area contributed by atoms with E-state index in [4.69, 9.17) is 10.1 Å². The number of fused-ring (bicyclic) bond motifs is 1. The van der Waals surface area contributed by atoms with Gasteiger partial charge in [0.1, 0.15) is 5.92 Å². The molecule has 0 aliphatic carbocycles. The smallest absolute Gasteiger partial charge is 0.244 e. The summed E-state index contributed by atoms with van der Waals surface area (Å²) in [6.45, 7) is 10.6. The number of anilines is 1. The number of aromatic amines is 1. The topological polar surface area (TPSA) is 88.8 Å². The molecule has 1 aliphatic rings. The van der Waals surface area contributed by atoms with Crippen molar-refractivity contribution in [3.63, 3.8) is 0 Å². The summed E-state index contributed by atoms with van der Waals surface area (Å²) in [6.07, 6.45) is 1.03. The van der Waals surface area contributed by atoms with Crippen LogP contribution in [0, 0.1) is 28.6 Å². The average molecular weight is 442 g/mol. The Morgan fingerprint density at radius 3 is 2.33 bits per heavy atom. The molecule has 1 aromatic heterocycles. The Morgan fingerprint density at radius 2 is 1.76 bits per heavy atom. The maximum absolute atomic E-state index is 9.95. The van der Waals surface area contributed by atoms with Gasteiger partial charge in [-0.25, -0.2) is 0 Å². The predicted molar refractivity (Wildman–Crippen MR) is 132 cm³/mol. The summed E-state index contributed by atoms with van der Waals surface area (Å²) in [5.41, 5.74) is 6.09. The number of aromatic nitrogens is 2. The molecule has 2 unspecified atom stereocenters. The summed E-state index contributed by atoms with van der Waals surface area (Å²) in [4.78, 5) is 2.28. The fourth-order valence-electron chi connectivity index (χ4n) is 4.66. The largest absolute Gasteiger partial charge is 0.422 e. The van der Waals surface area contributed by atoms with Gasteiger partial charge in [-0.05, 0) is 55.0 Å². The summed E-state index contributed by atoms with van der Waals surface area (Å²) in [5, 5.41) is 25.8. The van der Waals surface area contributed by atoms with Crippen LogP contribution in [0.3, 0.4) is 0 Å². The van der Waals surface area contributed by atoms with Crippen LogP contribution in [0.15, 0.2) is 48.5 Å². The van der Waals surface area contributed by atoms with Crippen LogP contribution >= 0.6 is 0 Å². The minimum atomic E-state index is -0.714. The standard InChI is InChI=1S/C27H31N5O/c1-5-32(6-2)21-13-11-19(12-14-21)23-22(16-28)26(29)33-27-24(23)25(30-31-27)20-9-7-18(8-10-20)15-17(3)4/h7-14,17,22-23,29H,5-6,15H2,1-4H3,(H,30,31). The Balaban J connectivity index is 1.77. The van der Waals surface area contributed by atoms with E-state index in [9.17, 15) is 5.26 Å². The van der Waals surface area contributed by atoms with Gasteiger partial charge in [0.05, 0.1) is 17.3 Å². The molecule has 1 aliphatic heterocycles. The van der Waals surface area contributed by atoms with Gasteiger partial charge in [0, 0.05) is 24.7 Å². The van der Waals surface area contributed by atoms with Crippen molar-refractivity contribution in [2.24, 2.45) is 11.8 Å². The van der Waals surface area contributed by atoms with Gasteiger partial charge in [-0.3, -0.25) is 10.5 Å². The molecular weight excluding hydrogens is 410 g/mol. The Morgan fingerprint density at radius 1 is 1.09 bits per heavy atom. The van der Waals surface area contributed by atoms with Crippen molar-refractivity contribution >= 4 is 11.6 Å². The highest BCUT2D eigenvalue weighted by atomic mass is 16.5. The highest BCUT2D eigenvalue weighted by molar-refractivity contribution is 5.86. The van der Waals surface area contributed by atoms with Gasteiger partial charge in [-0.1, -0.05) is 50.2 Å². The molecule has 6 nitrogen and oxygen atoms in total.